The molecule has 2 heterocycles. The predicted octanol–water partition coefficient (Wildman–Crippen LogP) is 1.00. The fourth-order valence-electron chi connectivity index (χ4n) is 2.38. The highest BCUT2D eigenvalue weighted by Gasteiger charge is 2.21. The van der Waals surface area contributed by atoms with Crippen LogP contribution >= 0.6 is 0 Å². The molecular formula is C15H25N3O3S. The number of nitrogens with zero attached hydrogens (tertiary/aromatic N) is 2. The average molecular weight is 327 g/mol. The summed E-state index contributed by atoms with van der Waals surface area (Å²) in [6.45, 7) is 7.02. The van der Waals surface area contributed by atoms with Gasteiger partial charge in [0.25, 0.3) is 0 Å². The number of hydrogen-bond acceptors (Lipinski definition) is 5. The number of ether oxygens (including phenoxy) is 1. The van der Waals surface area contributed by atoms with E-state index in [-0.39, 0.29) is 6.10 Å². The molecule has 0 aromatic carbocycles. The first-order chi connectivity index (χ1) is 10.5. The fourth-order valence-corrected chi connectivity index (χ4v) is 3.11. The van der Waals surface area contributed by atoms with Crippen molar-refractivity contribution < 1.29 is 13.2 Å². The summed E-state index contributed by atoms with van der Waals surface area (Å²) in [7, 11) is -3.19. The first kappa shape index (κ1) is 17.3. The zero-order valence-electron chi connectivity index (χ0n) is 13.2. The van der Waals surface area contributed by atoms with Gasteiger partial charge in [0, 0.05) is 38.6 Å². The number of rotatable bonds is 7. The lowest BCUT2D eigenvalue weighted by Gasteiger charge is -2.33. The quantitative estimate of drug-likeness (QED) is 0.809. The van der Waals surface area contributed by atoms with E-state index in [1.54, 1.807) is 20.0 Å². The zero-order chi connectivity index (χ0) is 16.0. The Morgan fingerprint density at radius 2 is 2.32 bits per heavy atom. The van der Waals surface area contributed by atoms with E-state index in [0.29, 0.717) is 19.6 Å². The monoisotopic (exact) mass is 327 g/mol. The van der Waals surface area contributed by atoms with Gasteiger partial charge < -0.3 is 4.74 Å². The van der Waals surface area contributed by atoms with Gasteiger partial charge >= 0.3 is 0 Å². The van der Waals surface area contributed by atoms with Gasteiger partial charge in [-0.05, 0) is 31.9 Å². The van der Waals surface area contributed by atoms with Gasteiger partial charge in [0.05, 0.1) is 18.0 Å². The molecule has 1 aliphatic heterocycles. The van der Waals surface area contributed by atoms with Crippen molar-refractivity contribution in [3.8, 4) is 0 Å². The van der Waals surface area contributed by atoms with E-state index in [4.69, 9.17) is 4.74 Å². The molecule has 6 nitrogen and oxygen atoms in total. The fraction of sp³-hybridized carbons (Fsp3) is 0.667. The van der Waals surface area contributed by atoms with Gasteiger partial charge in [-0.25, -0.2) is 13.1 Å². The summed E-state index contributed by atoms with van der Waals surface area (Å²) in [6.07, 6.45) is 4.41. The van der Waals surface area contributed by atoms with Crippen LogP contribution in [0.3, 0.4) is 0 Å². The molecule has 0 spiro atoms. The molecule has 22 heavy (non-hydrogen) atoms. The third-order valence-electron chi connectivity index (χ3n) is 3.74. The van der Waals surface area contributed by atoms with Crippen LogP contribution in [-0.4, -0.2) is 55.9 Å². The molecule has 7 heteroatoms. The second-order valence-corrected chi connectivity index (χ2v) is 8.19. The van der Waals surface area contributed by atoms with Crippen LogP contribution < -0.4 is 4.72 Å². The summed E-state index contributed by atoms with van der Waals surface area (Å²) in [5.74, 6) is 0. The summed E-state index contributed by atoms with van der Waals surface area (Å²) in [4.78, 5) is 6.45. The second-order valence-electron chi connectivity index (χ2n) is 5.87. The molecule has 0 bridgehead atoms. The highest BCUT2D eigenvalue weighted by Crippen LogP contribution is 2.12. The molecule has 1 unspecified atom stereocenters. The molecule has 1 aromatic rings. The van der Waals surface area contributed by atoms with Crippen LogP contribution in [0, 0.1) is 0 Å². The van der Waals surface area contributed by atoms with Gasteiger partial charge in [0.2, 0.25) is 10.0 Å². The smallest absolute Gasteiger partial charge is 0.213 e. The highest BCUT2D eigenvalue weighted by molar-refractivity contribution is 7.90. The van der Waals surface area contributed by atoms with Gasteiger partial charge in [-0.2, -0.15) is 0 Å². The minimum absolute atomic E-state index is 0.0697. The van der Waals surface area contributed by atoms with Gasteiger partial charge in [0.15, 0.2) is 0 Å². The molecule has 0 saturated carbocycles. The predicted molar refractivity (Wildman–Crippen MR) is 85.9 cm³/mol. The highest BCUT2D eigenvalue weighted by atomic mass is 32.2. The normalized spacial score (nSPS) is 20.4. The molecule has 2 rings (SSSR count). The van der Waals surface area contributed by atoms with Crippen LogP contribution in [0.1, 0.15) is 25.8 Å². The summed E-state index contributed by atoms with van der Waals surface area (Å²) in [5.41, 5.74) is 1.18. The van der Waals surface area contributed by atoms with Crippen molar-refractivity contribution in [2.24, 2.45) is 0 Å². The van der Waals surface area contributed by atoms with E-state index in [0.717, 1.165) is 19.6 Å². The molecule has 1 atom stereocenters. The van der Waals surface area contributed by atoms with Gasteiger partial charge in [-0.3, -0.25) is 9.88 Å². The maximum atomic E-state index is 11.7. The molecule has 1 aliphatic rings. The Hall–Kier alpha value is -1.02. The molecule has 1 aromatic heterocycles. The van der Waals surface area contributed by atoms with Crippen molar-refractivity contribution >= 4 is 10.0 Å². The van der Waals surface area contributed by atoms with Gasteiger partial charge in [-0.1, -0.05) is 6.07 Å². The Labute approximate surface area is 132 Å². The van der Waals surface area contributed by atoms with E-state index >= 15 is 0 Å². The Balaban J connectivity index is 1.76. The number of hydrogen-bond donors (Lipinski definition) is 1. The van der Waals surface area contributed by atoms with E-state index in [1.165, 1.54) is 5.56 Å². The summed E-state index contributed by atoms with van der Waals surface area (Å²) < 4.78 is 31.8. The van der Waals surface area contributed by atoms with E-state index in [1.807, 2.05) is 12.3 Å². The van der Waals surface area contributed by atoms with Crippen molar-refractivity contribution in [1.29, 1.82) is 0 Å². The van der Waals surface area contributed by atoms with Crippen LogP contribution in [0.5, 0.6) is 0 Å². The molecule has 0 aliphatic carbocycles. The van der Waals surface area contributed by atoms with Crippen LogP contribution in [0.25, 0.3) is 0 Å². The summed E-state index contributed by atoms with van der Waals surface area (Å²) in [5, 5.41) is -0.401. The van der Waals surface area contributed by atoms with Crippen LogP contribution in [-0.2, 0) is 21.3 Å². The molecule has 1 saturated heterocycles. The van der Waals surface area contributed by atoms with Crippen LogP contribution in [0.4, 0.5) is 0 Å². The molecule has 124 valence electrons. The Kier molecular flexibility index (Phi) is 6.31. The molecule has 1 N–H and O–H groups in total. The summed E-state index contributed by atoms with van der Waals surface area (Å²) >= 11 is 0. The molecule has 0 amide bonds. The second kappa shape index (κ2) is 8.01. The maximum absolute atomic E-state index is 11.7. The van der Waals surface area contributed by atoms with Crippen molar-refractivity contribution in [1.82, 2.24) is 14.6 Å². The van der Waals surface area contributed by atoms with Crippen molar-refractivity contribution in [2.45, 2.75) is 38.2 Å². The third kappa shape index (κ3) is 5.31. The van der Waals surface area contributed by atoms with Crippen LogP contribution in [0.2, 0.25) is 0 Å². The minimum atomic E-state index is -3.19. The lowest BCUT2D eigenvalue weighted by molar-refractivity contribution is -0.0339. The third-order valence-corrected chi connectivity index (χ3v) is 5.59. The van der Waals surface area contributed by atoms with Crippen molar-refractivity contribution in [3.05, 3.63) is 30.1 Å². The number of aromatic nitrogens is 1. The van der Waals surface area contributed by atoms with E-state index < -0.39 is 15.3 Å². The SMILES string of the molecule is CC(C)S(=O)(=O)NCCC1CN(Cc2cccnc2)CCO1. The van der Waals surface area contributed by atoms with E-state index in [9.17, 15) is 8.42 Å². The Bertz CT molecular complexity index is 548. The largest absolute Gasteiger partial charge is 0.376 e. The Morgan fingerprint density at radius 3 is 3.00 bits per heavy atom. The minimum Gasteiger partial charge on any atom is -0.376 e. The number of sulfonamides is 1. The van der Waals surface area contributed by atoms with Crippen molar-refractivity contribution in [2.75, 3.05) is 26.2 Å². The standard InChI is InChI=1S/C15H25N3O3S/c1-13(2)22(19,20)17-7-5-15-12-18(8-9-21-15)11-14-4-3-6-16-10-14/h3-4,6,10,13,15,17H,5,7-9,11-12H2,1-2H3. The number of morpholine rings is 1. The first-order valence-corrected chi connectivity index (χ1v) is 9.23. The van der Waals surface area contributed by atoms with Crippen molar-refractivity contribution in [3.63, 3.8) is 0 Å². The van der Waals surface area contributed by atoms with Crippen LogP contribution in [0.15, 0.2) is 24.5 Å². The number of nitrogens with one attached hydrogen (secondary N) is 1. The Morgan fingerprint density at radius 1 is 1.50 bits per heavy atom. The van der Waals surface area contributed by atoms with Gasteiger partial charge in [-0.15, -0.1) is 0 Å². The van der Waals surface area contributed by atoms with Gasteiger partial charge in [0.1, 0.15) is 0 Å². The lowest BCUT2D eigenvalue weighted by atomic mass is 10.2. The average Bonchev–Trinajstić information content (AvgIpc) is 2.48. The zero-order valence-corrected chi connectivity index (χ0v) is 14.1. The topological polar surface area (TPSA) is 71.5 Å². The lowest BCUT2D eigenvalue weighted by Crippen LogP contribution is -2.43. The molecule has 1 fully saturated rings. The molecular weight excluding hydrogens is 302 g/mol. The number of pyridine rings is 1. The maximum Gasteiger partial charge on any atom is 0.213 e. The van der Waals surface area contributed by atoms with E-state index in [2.05, 4.69) is 20.7 Å². The summed E-state index contributed by atoms with van der Waals surface area (Å²) in [6, 6.07) is 4.00. The molecule has 0 radical (unpaired) electrons. The first-order valence-electron chi connectivity index (χ1n) is 7.68.